The van der Waals surface area contributed by atoms with Crippen molar-refractivity contribution in [1.82, 2.24) is 15.2 Å². The molecule has 1 amide bonds. The van der Waals surface area contributed by atoms with Crippen molar-refractivity contribution in [3.63, 3.8) is 0 Å². The zero-order valence-corrected chi connectivity index (χ0v) is 18.8. The normalized spacial score (nSPS) is 23.2. The Labute approximate surface area is 188 Å². The summed E-state index contributed by atoms with van der Waals surface area (Å²) in [4.78, 5) is 21.6. The number of nitrogens with one attached hydrogen (secondary N) is 1. The molecule has 8 heteroatoms. The Morgan fingerprint density at radius 1 is 1.00 bits per heavy atom. The van der Waals surface area contributed by atoms with Crippen LogP contribution in [0.15, 0.2) is 18.3 Å². The number of hydrogen-bond acceptors (Lipinski definition) is 4. The number of hydrogen-bond donors (Lipinski definition) is 1. The summed E-state index contributed by atoms with van der Waals surface area (Å²) in [5, 5.41) is 3.30. The zero-order chi connectivity index (χ0) is 22.6. The van der Waals surface area contributed by atoms with Crippen LogP contribution in [0.4, 0.5) is 19.0 Å². The van der Waals surface area contributed by atoms with E-state index in [0.717, 1.165) is 31.9 Å². The van der Waals surface area contributed by atoms with Crippen LogP contribution in [0.3, 0.4) is 0 Å². The minimum Gasteiger partial charge on any atom is -0.357 e. The van der Waals surface area contributed by atoms with Gasteiger partial charge in [0.15, 0.2) is 0 Å². The highest BCUT2D eigenvalue weighted by molar-refractivity contribution is 5.79. The number of piperidine rings is 2. The average Bonchev–Trinajstić information content (AvgIpc) is 2.83. The number of anilines is 1. The molecule has 2 saturated heterocycles. The predicted molar refractivity (Wildman–Crippen MR) is 118 cm³/mol. The van der Waals surface area contributed by atoms with Gasteiger partial charge in [0, 0.05) is 37.3 Å². The summed E-state index contributed by atoms with van der Waals surface area (Å²) in [6, 6.07) is 2.50. The summed E-state index contributed by atoms with van der Waals surface area (Å²) >= 11 is 0. The van der Waals surface area contributed by atoms with Crippen molar-refractivity contribution >= 4 is 11.7 Å². The Bertz CT molecular complexity index is 748. The van der Waals surface area contributed by atoms with Gasteiger partial charge in [0.1, 0.15) is 5.82 Å². The SMILES string of the molecule is O=C(NCC1(N2CCCCC2)CCCCC1)C1CCN(c2ccc(C(F)(F)F)cn2)CC1. The van der Waals surface area contributed by atoms with E-state index in [2.05, 4.69) is 15.2 Å². The quantitative estimate of drug-likeness (QED) is 0.708. The van der Waals surface area contributed by atoms with Crippen LogP contribution in [0, 0.1) is 5.92 Å². The first-order valence-corrected chi connectivity index (χ1v) is 12.2. The number of alkyl halides is 3. The van der Waals surface area contributed by atoms with Crippen LogP contribution in [0.5, 0.6) is 0 Å². The molecule has 1 aliphatic carbocycles. The fourth-order valence-electron chi connectivity index (χ4n) is 5.69. The maximum absolute atomic E-state index is 13.0. The summed E-state index contributed by atoms with van der Waals surface area (Å²) in [5.41, 5.74) is -0.611. The molecule has 3 aliphatic rings. The highest BCUT2D eigenvalue weighted by Gasteiger charge is 2.39. The minimum absolute atomic E-state index is 0.0392. The Hall–Kier alpha value is -1.83. The van der Waals surface area contributed by atoms with Crippen LogP contribution in [0.2, 0.25) is 0 Å². The molecule has 3 fully saturated rings. The van der Waals surface area contributed by atoms with Crippen molar-refractivity contribution in [3.05, 3.63) is 23.9 Å². The van der Waals surface area contributed by atoms with Crippen LogP contribution in [0.1, 0.15) is 69.8 Å². The number of rotatable bonds is 5. The first kappa shape index (κ1) is 23.3. The fraction of sp³-hybridized carbons (Fsp3) is 0.750. The van der Waals surface area contributed by atoms with Crippen molar-refractivity contribution < 1.29 is 18.0 Å². The van der Waals surface area contributed by atoms with Crippen LogP contribution in [-0.4, -0.2) is 54.1 Å². The van der Waals surface area contributed by atoms with E-state index in [1.165, 1.54) is 57.4 Å². The second-order valence-electron chi connectivity index (χ2n) is 9.71. The van der Waals surface area contributed by atoms with E-state index in [9.17, 15) is 18.0 Å². The lowest BCUT2D eigenvalue weighted by Crippen LogP contribution is -2.58. The molecule has 0 spiro atoms. The largest absolute Gasteiger partial charge is 0.417 e. The molecule has 1 aromatic rings. The molecule has 5 nitrogen and oxygen atoms in total. The van der Waals surface area contributed by atoms with Gasteiger partial charge in [-0.25, -0.2) is 4.98 Å². The van der Waals surface area contributed by atoms with E-state index < -0.39 is 11.7 Å². The van der Waals surface area contributed by atoms with Crippen molar-refractivity contribution in [2.45, 2.75) is 75.9 Å². The molecule has 0 unspecified atom stereocenters. The molecule has 178 valence electrons. The highest BCUT2D eigenvalue weighted by Crippen LogP contribution is 2.35. The number of carbonyl (C=O) groups excluding carboxylic acids is 1. The minimum atomic E-state index is -4.37. The van der Waals surface area contributed by atoms with Gasteiger partial charge >= 0.3 is 6.18 Å². The number of likely N-dealkylation sites (tertiary alicyclic amines) is 1. The predicted octanol–water partition coefficient (Wildman–Crippen LogP) is 4.62. The number of nitrogens with zero attached hydrogens (tertiary/aromatic N) is 3. The molecule has 0 bridgehead atoms. The summed E-state index contributed by atoms with van der Waals surface area (Å²) in [6.07, 6.45) is 7.85. The lowest BCUT2D eigenvalue weighted by molar-refractivity contribution is -0.137. The molecule has 0 aromatic carbocycles. The third-order valence-corrected chi connectivity index (χ3v) is 7.67. The standard InChI is InChI=1S/C24H35F3N4O/c25-24(26,27)20-7-8-21(28-17-20)30-15-9-19(10-16-30)22(32)29-18-23(11-3-1-4-12-23)31-13-5-2-6-14-31/h7-8,17,19H,1-6,9-16,18H2,(H,29,32). The van der Waals surface area contributed by atoms with Gasteiger partial charge in [-0.05, 0) is 63.7 Å². The van der Waals surface area contributed by atoms with Gasteiger partial charge in [-0.3, -0.25) is 9.69 Å². The first-order valence-electron chi connectivity index (χ1n) is 12.2. The molecule has 0 atom stereocenters. The van der Waals surface area contributed by atoms with Gasteiger partial charge in [0.2, 0.25) is 5.91 Å². The maximum Gasteiger partial charge on any atom is 0.417 e. The van der Waals surface area contributed by atoms with Gasteiger partial charge in [-0.15, -0.1) is 0 Å². The number of aromatic nitrogens is 1. The lowest BCUT2D eigenvalue weighted by atomic mass is 9.79. The van der Waals surface area contributed by atoms with E-state index >= 15 is 0 Å². The summed E-state index contributed by atoms with van der Waals surface area (Å²) in [7, 11) is 0. The van der Waals surface area contributed by atoms with Gasteiger partial charge in [-0.1, -0.05) is 25.7 Å². The maximum atomic E-state index is 13.0. The van der Waals surface area contributed by atoms with Gasteiger partial charge < -0.3 is 10.2 Å². The lowest BCUT2D eigenvalue weighted by Gasteiger charge is -2.48. The Kier molecular flexibility index (Phi) is 7.27. The van der Waals surface area contributed by atoms with Gasteiger partial charge in [0.05, 0.1) is 5.56 Å². The second kappa shape index (κ2) is 9.98. The Morgan fingerprint density at radius 3 is 2.25 bits per heavy atom. The molecule has 3 heterocycles. The van der Waals surface area contributed by atoms with Crippen LogP contribution >= 0.6 is 0 Å². The van der Waals surface area contributed by atoms with E-state index in [-0.39, 0.29) is 17.4 Å². The van der Waals surface area contributed by atoms with Gasteiger partial charge in [0.25, 0.3) is 0 Å². The van der Waals surface area contributed by atoms with E-state index in [4.69, 9.17) is 0 Å². The molecule has 0 radical (unpaired) electrons. The van der Waals surface area contributed by atoms with Gasteiger partial charge in [-0.2, -0.15) is 13.2 Å². The van der Waals surface area contributed by atoms with Crippen molar-refractivity contribution in [3.8, 4) is 0 Å². The third kappa shape index (κ3) is 5.38. The van der Waals surface area contributed by atoms with E-state index in [1.54, 1.807) is 0 Å². The van der Waals surface area contributed by atoms with Crippen LogP contribution in [0.25, 0.3) is 0 Å². The van der Waals surface area contributed by atoms with E-state index in [1.807, 2.05) is 4.90 Å². The molecular formula is C24H35F3N4O. The summed E-state index contributed by atoms with van der Waals surface area (Å²) in [6.45, 7) is 4.30. The number of carbonyl (C=O) groups is 1. The number of amides is 1. The van der Waals surface area contributed by atoms with Crippen LogP contribution in [-0.2, 0) is 11.0 Å². The molecule has 1 N–H and O–H groups in total. The van der Waals surface area contributed by atoms with E-state index in [0.29, 0.717) is 31.7 Å². The molecule has 1 aromatic heterocycles. The molecule has 2 aliphatic heterocycles. The molecule has 4 rings (SSSR count). The second-order valence-corrected chi connectivity index (χ2v) is 9.71. The fourth-order valence-corrected chi connectivity index (χ4v) is 5.69. The Balaban J connectivity index is 1.29. The topological polar surface area (TPSA) is 48.5 Å². The van der Waals surface area contributed by atoms with Crippen molar-refractivity contribution in [1.29, 1.82) is 0 Å². The third-order valence-electron chi connectivity index (χ3n) is 7.67. The van der Waals surface area contributed by atoms with Crippen molar-refractivity contribution in [2.75, 3.05) is 37.6 Å². The summed E-state index contributed by atoms with van der Waals surface area (Å²) < 4.78 is 38.3. The zero-order valence-electron chi connectivity index (χ0n) is 18.8. The molecular weight excluding hydrogens is 417 g/mol. The molecule has 1 saturated carbocycles. The highest BCUT2D eigenvalue weighted by atomic mass is 19.4. The number of pyridine rings is 1. The smallest absolute Gasteiger partial charge is 0.357 e. The average molecular weight is 453 g/mol. The summed E-state index contributed by atoms with van der Waals surface area (Å²) in [5.74, 6) is 0.637. The first-order chi connectivity index (χ1) is 15.4. The van der Waals surface area contributed by atoms with Crippen molar-refractivity contribution in [2.24, 2.45) is 5.92 Å². The Morgan fingerprint density at radius 2 is 1.66 bits per heavy atom. The monoisotopic (exact) mass is 452 g/mol. The molecule has 32 heavy (non-hydrogen) atoms. The van der Waals surface area contributed by atoms with Crippen LogP contribution < -0.4 is 10.2 Å². The number of halogens is 3.